The number of urea groups is 2. The summed E-state index contributed by atoms with van der Waals surface area (Å²) in [6.45, 7) is 0. The number of anilines is 4. The smallest absolute Gasteiger partial charge is 0.346 e. The standard InChI is InChI=1S/C26H18Br2N6O8/c27-15-4-3-5-16(12-15)29-25(37)31(21-10-8-17(33(39)40)13-23(21)35)32(22-11-9-18(34(41)42)14-24(22)36)26(38)30-20-7-2-1-6-19(20)28/h1-14,35-36H,(H,29,37)(H,30,38). The molecule has 4 rings (SSSR count). The number of phenolic OH excluding ortho intramolecular Hbond substituents is 2. The highest BCUT2D eigenvalue weighted by Gasteiger charge is 2.34. The first kappa shape index (κ1) is 29.8. The number of carbonyl (C=O) groups excluding carboxylic acids is 2. The second-order valence-corrected chi connectivity index (χ2v) is 10.1. The monoisotopic (exact) mass is 700 g/mol. The molecule has 4 N–H and O–H groups in total. The molecule has 0 saturated carbocycles. The van der Waals surface area contributed by atoms with Crippen molar-refractivity contribution < 1.29 is 29.6 Å². The fourth-order valence-corrected chi connectivity index (χ4v) is 4.48. The Labute approximate surface area is 253 Å². The van der Waals surface area contributed by atoms with Crippen molar-refractivity contribution in [1.29, 1.82) is 0 Å². The number of para-hydroxylation sites is 1. The number of nitro groups is 2. The molecule has 0 saturated heterocycles. The number of hydrogen-bond acceptors (Lipinski definition) is 8. The van der Waals surface area contributed by atoms with Crippen molar-refractivity contribution in [3.05, 3.63) is 114 Å². The van der Waals surface area contributed by atoms with Crippen molar-refractivity contribution in [1.82, 2.24) is 0 Å². The lowest BCUT2D eigenvalue weighted by Gasteiger charge is -2.35. The molecule has 42 heavy (non-hydrogen) atoms. The lowest BCUT2D eigenvalue weighted by Crippen LogP contribution is -2.54. The minimum absolute atomic E-state index is 0.245. The fraction of sp³-hybridized carbons (Fsp3) is 0. The van der Waals surface area contributed by atoms with E-state index in [1.165, 1.54) is 12.1 Å². The average molecular weight is 702 g/mol. The number of aromatic hydroxyl groups is 2. The Bertz CT molecular complexity index is 1720. The van der Waals surface area contributed by atoms with E-state index in [2.05, 4.69) is 42.5 Å². The molecule has 16 heteroatoms. The van der Waals surface area contributed by atoms with Crippen LogP contribution in [-0.2, 0) is 0 Å². The van der Waals surface area contributed by atoms with Crippen molar-refractivity contribution in [3.8, 4) is 11.5 Å². The van der Waals surface area contributed by atoms with Gasteiger partial charge in [-0.3, -0.25) is 20.2 Å². The Morgan fingerprint density at radius 3 is 1.69 bits per heavy atom. The highest BCUT2D eigenvalue weighted by Crippen LogP contribution is 2.39. The van der Waals surface area contributed by atoms with Gasteiger partial charge in [-0.1, -0.05) is 34.1 Å². The molecule has 0 unspecified atom stereocenters. The van der Waals surface area contributed by atoms with Crippen molar-refractivity contribution in [3.63, 3.8) is 0 Å². The largest absolute Gasteiger partial charge is 0.505 e. The number of rotatable bonds is 6. The molecule has 0 fully saturated rings. The molecule has 0 heterocycles. The minimum atomic E-state index is -1.06. The summed E-state index contributed by atoms with van der Waals surface area (Å²) >= 11 is 6.60. The van der Waals surface area contributed by atoms with Gasteiger partial charge in [0.15, 0.2) is 0 Å². The topological polar surface area (TPSA) is 191 Å². The van der Waals surface area contributed by atoms with Gasteiger partial charge in [0, 0.05) is 26.8 Å². The van der Waals surface area contributed by atoms with Gasteiger partial charge in [0.25, 0.3) is 11.4 Å². The Morgan fingerprint density at radius 2 is 1.21 bits per heavy atom. The van der Waals surface area contributed by atoms with Crippen LogP contribution in [0.25, 0.3) is 0 Å². The molecule has 0 aliphatic rings. The van der Waals surface area contributed by atoms with E-state index in [1.807, 2.05) is 0 Å². The number of halogens is 2. The van der Waals surface area contributed by atoms with Crippen LogP contribution in [0.2, 0.25) is 0 Å². The summed E-state index contributed by atoms with van der Waals surface area (Å²) in [5.41, 5.74) is -1.34. The zero-order valence-corrected chi connectivity index (χ0v) is 24.1. The number of hydrogen-bond donors (Lipinski definition) is 4. The van der Waals surface area contributed by atoms with Gasteiger partial charge >= 0.3 is 12.1 Å². The molecule has 14 nitrogen and oxygen atoms in total. The van der Waals surface area contributed by atoms with Crippen LogP contribution in [0.3, 0.4) is 0 Å². The first-order valence-electron chi connectivity index (χ1n) is 11.6. The maximum Gasteiger partial charge on any atom is 0.346 e. The van der Waals surface area contributed by atoms with Crippen LogP contribution < -0.4 is 20.7 Å². The number of amides is 4. The quantitative estimate of drug-likeness (QED) is 0.120. The normalized spacial score (nSPS) is 10.4. The van der Waals surface area contributed by atoms with Crippen molar-refractivity contribution >= 4 is 78.0 Å². The molecule has 0 radical (unpaired) electrons. The zero-order valence-electron chi connectivity index (χ0n) is 21.0. The number of phenols is 2. The van der Waals surface area contributed by atoms with Crippen LogP contribution in [0.1, 0.15) is 0 Å². The van der Waals surface area contributed by atoms with Gasteiger partial charge in [-0.05, 0) is 58.4 Å². The number of benzene rings is 4. The van der Waals surface area contributed by atoms with Gasteiger partial charge in [0.1, 0.15) is 22.9 Å². The Morgan fingerprint density at radius 1 is 0.690 bits per heavy atom. The van der Waals surface area contributed by atoms with Crippen molar-refractivity contribution in [2.45, 2.75) is 0 Å². The van der Waals surface area contributed by atoms with Gasteiger partial charge in [0.05, 0.1) is 27.7 Å². The summed E-state index contributed by atoms with van der Waals surface area (Å²) in [5.74, 6) is -1.54. The molecule has 0 aliphatic heterocycles. The van der Waals surface area contributed by atoms with E-state index in [-0.39, 0.29) is 11.4 Å². The lowest BCUT2D eigenvalue weighted by atomic mass is 10.2. The van der Waals surface area contributed by atoms with Gasteiger partial charge in [-0.2, -0.15) is 10.0 Å². The first-order valence-corrected chi connectivity index (χ1v) is 13.2. The van der Waals surface area contributed by atoms with Gasteiger partial charge in [-0.15, -0.1) is 0 Å². The summed E-state index contributed by atoms with van der Waals surface area (Å²) < 4.78 is 1.05. The van der Waals surface area contributed by atoms with Crippen LogP contribution in [0.4, 0.5) is 43.7 Å². The third-order valence-corrected chi connectivity index (χ3v) is 6.76. The predicted molar refractivity (Wildman–Crippen MR) is 161 cm³/mol. The van der Waals surface area contributed by atoms with Crippen LogP contribution >= 0.6 is 31.9 Å². The van der Waals surface area contributed by atoms with Crippen LogP contribution in [0, 0.1) is 20.2 Å². The van der Waals surface area contributed by atoms with E-state index in [4.69, 9.17) is 0 Å². The molecule has 0 atom stereocenters. The molecule has 4 amide bonds. The summed E-state index contributed by atoms with van der Waals surface area (Å²) in [5, 5.41) is 50.6. The summed E-state index contributed by atoms with van der Waals surface area (Å²) in [6.07, 6.45) is 0. The summed E-state index contributed by atoms with van der Waals surface area (Å²) in [6, 6.07) is 16.3. The predicted octanol–water partition coefficient (Wildman–Crippen LogP) is 7.13. The van der Waals surface area contributed by atoms with Crippen LogP contribution in [0.15, 0.2) is 93.9 Å². The zero-order chi connectivity index (χ0) is 30.6. The third kappa shape index (κ3) is 6.56. The van der Waals surface area contributed by atoms with Gasteiger partial charge in [0.2, 0.25) is 0 Å². The number of carbonyl (C=O) groups is 2. The Balaban J connectivity index is 1.93. The van der Waals surface area contributed by atoms with Gasteiger partial charge < -0.3 is 20.8 Å². The SMILES string of the molecule is O=C(Nc1cccc(Br)c1)N(c1ccc([N+](=O)[O-])cc1O)N(C(=O)Nc1ccccc1Br)c1ccc([N+](=O)[O-])cc1O. The molecule has 0 bridgehead atoms. The minimum Gasteiger partial charge on any atom is -0.505 e. The summed E-state index contributed by atoms with van der Waals surface area (Å²) in [4.78, 5) is 48.8. The van der Waals surface area contributed by atoms with Crippen LogP contribution in [0.5, 0.6) is 11.5 Å². The molecule has 4 aromatic rings. The molecular formula is C26H18Br2N6O8. The van der Waals surface area contributed by atoms with Crippen molar-refractivity contribution in [2.24, 2.45) is 0 Å². The molecule has 4 aromatic carbocycles. The fourth-order valence-electron chi connectivity index (χ4n) is 3.70. The second-order valence-electron chi connectivity index (χ2n) is 8.33. The van der Waals surface area contributed by atoms with Crippen molar-refractivity contribution in [2.75, 3.05) is 20.7 Å². The molecule has 214 valence electrons. The summed E-state index contributed by atoms with van der Waals surface area (Å²) in [7, 11) is 0. The second kappa shape index (κ2) is 12.5. The molecule has 0 spiro atoms. The number of nitro benzene ring substituents is 2. The average Bonchev–Trinajstić information content (AvgIpc) is 2.93. The maximum absolute atomic E-state index is 13.9. The first-order chi connectivity index (χ1) is 20.0. The van der Waals surface area contributed by atoms with E-state index < -0.39 is 56.2 Å². The van der Waals surface area contributed by atoms with E-state index in [0.29, 0.717) is 19.0 Å². The molecule has 0 aliphatic carbocycles. The van der Waals surface area contributed by atoms with E-state index in [9.17, 15) is 40.0 Å². The lowest BCUT2D eigenvalue weighted by molar-refractivity contribution is -0.385. The number of non-ortho nitro benzene ring substituents is 2. The number of hydrazine groups is 1. The highest BCUT2D eigenvalue weighted by atomic mass is 79.9. The maximum atomic E-state index is 13.9. The van der Waals surface area contributed by atoms with E-state index in [1.54, 1.807) is 36.4 Å². The Hall–Kier alpha value is -5.22. The number of nitrogens with zero attached hydrogens (tertiary/aromatic N) is 4. The third-order valence-electron chi connectivity index (χ3n) is 5.57. The van der Waals surface area contributed by atoms with E-state index >= 15 is 0 Å². The molecular weight excluding hydrogens is 684 g/mol. The molecule has 0 aromatic heterocycles. The Kier molecular flexibility index (Phi) is 8.87. The van der Waals surface area contributed by atoms with Gasteiger partial charge in [-0.25, -0.2) is 9.59 Å². The van der Waals surface area contributed by atoms with E-state index in [0.717, 1.165) is 36.4 Å². The highest BCUT2D eigenvalue weighted by molar-refractivity contribution is 9.10. The van der Waals surface area contributed by atoms with Crippen LogP contribution in [-0.4, -0.2) is 32.1 Å². The number of nitrogens with one attached hydrogen (secondary N) is 2.